The highest BCUT2D eigenvalue weighted by atomic mass is 16.4. The van der Waals surface area contributed by atoms with E-state index in [4.69, 9.17) is 5.11 Å². The number of carboxylic acids is 1. The van der Waals surface area contributed by atoms with E-state index in [1.807, 2.05) is 29.9 Å². The molecule has 1 atom stereocenters. The third-order valence-electron chi connectivity index (χ3n) is 3.08. The molecule has 2 aromatic rings. The van der Waals surface area contributed by atoms with Crippen molar-refractivity contribution in [1.29, 1.82) is 0 Å². The van der Waals surface area contributed by atoms with Gasteiger partial charge in [-0.25, -0.2) is 4.98 Å². The second-order valence-corrected chi connectivity index (χ2v) is 4.42. The first-order chi connectivity index (χ1) is 8.09. The van der Waals surface area contributed by atoms with Crippen LogP contribution in [0.15, 0.2) is 24.5 Å². The van der Waals surface area contributed by atoms with Gasteiger partial charge >= 0.3 is 5.97 Å². The average molecular weight is 232 g/mol. The van der Waals surface area contributed by atoms with Gasteiger partial charge in [-0.15, -0.1) is 0 Å². The van der Waals surface area contributed by atoms with E-state index in [-0.39, 0.29) is 5.92 Å². The number of nitrogens with zero attached hydrogens (tertiary/aromatic N) is 2. The van der Waals surface area contributed by atoms with Crippen LogP contribution in [0, 0.1) is 5.92 Å². The second-order valence-electron chi connectivity index (χ2n) is 4.42. The summed E-state index contributed by atoms with van der Waals surface area (Å²) in [5, 5.41) is 9.98. The first-order valence-corrected chi connectivity index (χ1v) is 5.71. The lowest BCUT2D eigenvalue weighted by molar-refractivity contribution is -0.141. The number of aromatic nitrogens is 2. The molecule has 0 aliphatic carbocycles. The van der Waals surface area contributed by atoms with Crippen LogP contribution in [0.5, 0.6) is 0 Å². The maximum absolute atomic E-state index is 10.8. The lowest BCUT2D eigenvalue weighted by atomic mass is 10.0. The molecule has 0 fully saturated rings. The lowest BCUT2D eigenvalue weighted by Crippen LogP contribution is -2.10. The van der Waals surface area contributed by atoms with Crippen molar-refractivity contribution in [3.05, 3.63) is 30.1 Å². The maximum Gasteiger partial charge on any atom is 0.306 e. The van der Waals surface area contributed by atoms with E-state index < -0.39 is 5.97 Å². The minimum absolute atomic E-state index is 0.304. The normalized spacial score (nSPS) is 12.8. The van der Waals surface area contributed by atoms with Crippen LogP contribution in [0.4, 0.5) is 0 Å². The van der Waals surface area contributed by atoms with Gasteiger partial charge in [0.05, 0.1) is 5.92 Å². The molecule has 0 bridgehead atoms. The van der Waals surface area contributed by atoms with E-state index >= 15 is 0 Å². The Kier molecular flexibility index (Phi) is 3.13. The molecular formula is C13H16N2O2. The topological polar surface area (TPSA) is 55.1 Å². The maximum atomic E-state index is 10.8. The molecule has 1 unspecified atom stereocenters. The van der Waals surface area contributed by atoms with Crippen molar-refractivity contribution in [1.82, 2.24) is 9.55 Å². The van der Waals surface area contributed by atoms with Crippen molar-refractivity contribution in [2.75, 3.05) is 0 Å². The van der Waals surface area contributed by atoms with Crippen LogP contribution in [-0.4, -0.2) is 20.6 Å². The highest BCUT2D eigenvalue weighted by Crippen LogP contribution is 2.21. The molecule has 0 aliphatic rings. The van der Waals surface area contributed by atoms with E-state index in [2.05, 4.69) is 4.98 Å². The van der Waals surface area contributed by atoms with Crippen molar-refractivity contribution in [2.24, 2.45) is 13.0 Å². The quantitative estimate of drug-likeness (QED) is 0.879. The molecule has 0 amide bonds. The highest BCUT2D eigenvalue weighted by molar-refractivity contribution is 5.80. The van der Waals surface area contributed by atoms with Crippen LogP contribution in [-0.2, 0) is 18.3 Å². The monoisotopic (exact) mass is 232 g/mol. The van der Waals surface area contributed by atoms with E-state index in [1.165, 1.54) is 5.56 Å². The highest BCUT2D eigenvalue weighted by Gasteiger charge is 2.13. The summed E-state index contributed by atoms with van der Waals surface area (Å²) >= 11 is 0. The smallest absolute Gasteiger partial charge is 0.306 e. The lowest BCUT2D eigenvalue weighted by Gasteiger charge is -2.04. The molecular weight excluding hydrogens is 216 g/mol. The van der Waals surface area contributed by atoms with Gasteiger partial charge in [-0.05, 0) is 30.5 Å². The largest absolute Gasteiger partial charge is 0.481 e. The Bertz CT molecular complexity index is 545. The summed E-state index contributed by atoms with van der Waals surface area (Å²) in [5.74, 6) is -1.04. The number of rotatable bonds is 4. The molecule has 1 N–H and O–H groups in total. The first-order valence-electron chi connectivity index (χ1n) is 5.71. The summed E-state index contributed by atoms with van der Waals surface area (Å²) in [6.07, 6.45) is 5.23. The molecule has 0 aliphatic heterocycles. The summed E-state index contributed by atoms with van der Waals surface area (Å²) < 4.78 is 1.98. The molecule has 0 spiro atoms. The molecule has 0 saturated heterocycles. The number of carboxylic acid groups (broad SMARTS) is 1. The van der Waals surface area contributed by atoms with Gasteiger partial charge in [-0.1, -0.05) is 6.92 Å². The molecule has 4 nitrogen and oxygen atoms in total. The summed E-state index contributed by atoms with van der Waals surface area (Å²) in [6.45, 7) is 1.74. The Hall–Kier alpha value is -1.84. The van der Waals surface area contributed by atoms with Gasteiger partial charge in [-0.2, -0.15) is 0 Å². The molecule has 0 radical (unpaired) electrons. The molecule has 4 heteroatoms. The molecule has 17 heavy (non-hydrogen) atoms. The predicted molar refractivity (Wildman–Crippen MR) is 65.8 cm³/mol. The average Bonchev–Trinajstić information content (AvgIpc) is 2.64. The number of carbonyl (C=O) groups is 1. The fourth-order valence-corrected chi connectivity index (χ4v) is 1.99. The Balaban J connectivity index is 2.22. The van der Waals surface area contributed by atoms with Crippen LogP contribution in [0.2, 0.25) is 0 Å². The number of hydrogen-bond donors (Lipinski definition) is 1. The number of aryl methyl sites for hydroxylation is 2. The van der Waals surface area contributed by atoms with Crippen LogP contribution >= 0.6 is 0 Å². The molecule has 0 saturated carbocycles. The van der Waals surface area contributed by atoms with Gasteiger partial charge in [0.1, 0.15) is 5.65 Å². The minimum atomic E-state index is -0.733. The second kappa shape index (κ2) is 4.57. The van der Waals surface area contributed by atoms with Gasteiger partial charge in [0.15, 0.2) is 0 Å². The standard InChI is InChI=1S/C13H16N2O2/c1-9(13(16)17)5-6-10-8-15(2)12-11(10)4-3-7-14-12/h3-4,7-9H,5-6H2,1-2H3,(H,16,17). The Morgan fingerprint density at radius 3 is 3.06 bits per heavy atom. The van der Waals surface area contributed by atoms with Gasteiger partial charge in [-0.3, -0.25) is 4.79 Å². The zero-order valence-electron chi connectivity index (χ0n) is 10.1. The summed E-state index contributed by atoms with van der Waals surface area (Å²) in [6, 6.07) is 3.94. The summed E-state index contributed by atoms with van der Waals surface area (Å²) in [7, 11) is 1.96. The predicted octanol–water partition coefficient (Wildman–Crippen LogP) is 2.23. The van der Waals surface area contributed by atoms with Crippen molar-refractivity contribution < 1.29 is 9.90 Å². The van der Waals surface area contributed by atoms with E-state index in [1.54, 1.807) is 13.1 Å². The molecule has 2 rings (SSSR count). The Morgan fingerprint density at radius 1 is 1.59 bits per heavy atom. The number of aliphatic carboxylic acids is 1. The zero-order valence-corrected chi connectivity index (χ0v) is 10.1. The third-order valence-corrected chi connectivity index (χ3v) is 3.08. The zero-order chi connectivity index (χ0) is 12.4. The van der Waals surface area contributed by atoms with Crippen LogP contribution < -0.4 is 0 Å². The van der Waals surface area contributed by atoms with E-state index in [0.29, 0.717) is 6.42 Å². The van der Waals surface area contributed by atoms with Crippen molar-refractivity contribution in [3.63, 3.8) is 0 Å². The van der Waals surface area contributed by atoms with E-state index in [0.717, 1.165) is 17.5 Å². The van der Waals surface area contributed by atoms with Crippen molar-refractivity contribution in [2.45, 2.75) is 19.8 Å². The fraction of sp³-hybridized carbons (Fsp3) is 0.385. The van der Waals surface area contributed by atoms with Gasteiger partial charge in [0, 0.05) is 24.8 Å². The molecule has 2 heterocycles. The van der Waals surface area contributed by atoms with Gasteiger partial charge < -0.3 is 9.67 Å². The Morgan fingerprint density at radius 2 is 2.35 bits per heavy atom. The summed E-state index contributed by atoms with van der Waals surface area (Å²) in [5.41, 5.74) is 2.12. The number of hydrogen-bond acceptors (Lipinski definition) is 2. The minimum Gasteiger partial charge on any atom is -0.481 e. The Labute approximate surface area is 99.9 Å². The van der Waals surface area contributed by atoms with Crippen molar-refractivity contribution in [3.8, 4) is 0 Å². The van der Waals surface area contributed by atoms with Crippen LogP contribution in [0.1, 0.15) is 18.9 Å². The summed E-state index contributed by atoms with van der Waals surface area (Å²) in [4.78, 5) is 15.1. The fourth-order valence-electron chi connectivity index (χ4n) is 1.99. The molecule has 90 valence electrons. The third kappa shape index (κ3) is 2.30. The van der Waals surface area contributed by atoms with Gasteiger partial charge in [0.2, 0.25) is 0 Å². The van der Waals surface area contributed by atoms with Crippen LogP contribution in [0.3, 0.4) is 0 Å². The van der Waals surface area contributed by atoms with E-state index in [9.17, 15) is 4.79 Å². The molecule has 2 aromatic heterocycles. The first kappa shape index (κ1) is 11.6. The van der Waals surface area contributed by atoms with Crippen LogP contribution in [0.25, 0.3) is 11.0 Å². The number of pyridine rings is 1. The molecule has 0 aromatic carbocycles. The number of fused-ring (bicyclic) bond motifs is 1. The van der Waals surface area contributed by atoms with Gasteiger partial charge in [0.25, 0.3) is 0 Å². The SMILES string of the molecule is CC(CCc1cn(C)c2ncccc12)C(=O)O. The van der Waals surface area contributed by atoms with Crippen molar-refractivity contribution >= 4 is 17.0 Å².